The average molecular weight is 374 g/mol. The number of allylic oxidation sites excluding steroid dienone is 4. The molecule has 0 amide bonds. The number of aliphatic hydroxyl groups is 1. The lowest BCUT2D eigenvalue weighted by Gasteiger charge is -2.45. The topological polar surface area (TPSA) is 91.2 Å². The molecule has 1 aliphatic carbocycles. The molecular weight excluding hydrogens is 344 g/mol. The van der Waals surface area contributed by atoms with Gasteiger partial charge in [-0.3, -0.25) is 0 Å². The summed E-state index contributed by atoms with van der Waals surface area (Å²) in [7, 11) is 0. The van der Waals surface area contributed by atoms with E-state index in [4.69, 9.17) is 9.94 Å². The van der Waals surface area contributed by atoms with E-state index in [0.717, 1.165) is 17.7 Å². The van der Waals surface area contributed by atoms with Crippen molar-refractivity contribution in [1.29, 1.82) is 0 Å². The Bertz CT molecular complexity index is 724. The molecule has 3 aliphatic rings. The van der Waals surface area contributed by atoms with Crippen molar-refractivity contribution < 1.29 is 19.8 Å². The minimum Gasteiger partial charge on any atom is -0.460 e. The number of esters is 1. The summed E-state index contributed by atoms with van der Waals surface area (Å²) in [5.74, 6) is 0.0103. The third-order valence-corrected chi connectivity index (χ3v) is 6.51. The van der Waals surface area contributed by atoms with Crippen LogP contribution in [0.15, 0.2) is 40.7 Å². The Labute approximate surface area is 160 Å². The Morgan fingerprint density at radius 3 is 2.78 bits per heavy atom. The molecular formula is C21H30N2O4. The molecule has 0 aromatic heterocycles. The number of oxime groups is 1. The maximum Gasteiger partial charge on any atom is 0.338 e. The fraction of sp³-hybridized carbons (Fsp3) is 0.619. The molecule has 27 heavy (non-hydrogen) atoms. The van der Waals surface area contributed by atoms with E-state index in [1.54, 1.807) is 6.92 Å². The molecule has 6 atom stereocenters. The molecule has 2 fully saturated rings. The first-order valence-electron chi connectivity index (χ1n) is 9.77. The molecule has 6 heteroatoms. The number of carbonyl (C=O) groups is 1. The second-order valence-electron chi connectivity index (χ2n) is 8.10. The summed E-state index contributed by atoms with van der Waals surface area (Å²) in [6, 6.07) is 0. The van der Waals surface area contributed by atoms with Crippen LogP contribution in [0.2, 0.25) is 0 Å². The number of ether oxygens (including phenoxy) is 1. The Morgan fingerprint density at radius 2 is 2.19 bits per heavy atom. The van der Waals surface area contributed by atoms with Crippen LogP contribution in [0.25, 0.3) is 0 Å². The summed E-state index contributed by atoms with van der Waals surface area (Å²) >= 11 is 0. The first kappa shape index (κ1) is 19.7. The molecule has 0 unspecified atom stereocenters. The zero-order chi connectivity index (χ0) is 19.8. The molecule has 2 aliphatic heterocycles. The Kier molecular flexibility index (Phi) is 5.47. The number of dihydropyridines is 1. The summed E-state index contributed by atoms with van der Waals surface area (Å²) in [6.45, 7) is 8.52. The third-order valence-electron chi connectivity index (χ3n) is 6.51. The molecule has 148 valence electrons. The van der Waals surface area contributed by atoms with Gasteiger partial charge in [-0.1, -0.05) is 37.6 Å². The van der Waals surface area contributed by atoms with Crippen LogP contribution in [-0.2, 0) is 9.53 Å². The largest absolute Gasteiger partial charge is 0.460 e. The SMILES string of the molecule is CC[C@H]1[C@H](/C=C/C2=CC=C(/C(C)=N/O)CN2)[C@@H]2[C@@H](C)OC(=O)[C@]2(O)C[C@@H]1C. The number of hydrogen-bond acceptors (Lipinski definition) is 6. The fourth-order valence-corrected chi connectivity index (χ4v) is 5.09. The zero-order valence-corrected chi connectivity index (χ0v) is 16.5. The number of fused-ring (bicyclic) bond motifs is 1. The number of rotatable bonds is 4. The molecule has 1 saturated carbocycles. The first-order chi connectivity index (χ1) is 12.8. The predicted octanol–water partition coefficient (Wildman–Crippen LogP) is 2.78. The second kappa shape index (κ2) is 7.50. The van der Waals surface area contributed by atoms with Crippen molar-refractivity contribution in [2.45, 2.75) is 52.2 Å². The van der Waals surface area contributed by atoms with E-state index < -0.39 is 11.6 Å². The number of hydrogen-bond donors (Lipinski definition) is 3. The van der Waals surface area contributed by atoms with Crippen molar-refractivity contribution >= 4 is 11.7 Å². The predicted molar refractivity (Wildman–Crippen MR) is 103 cm³/mol. The minimum absolute atomic E-state index is 0.0685. The summed E-state index contributed by atoms with van der Waals surface area (Å²) < 4.78 is 5.43. The van der Waals surface area contributed by atoms with Gasteiger partial charge in [0.2, 0.25) is 0 Å². The highest BCUT2D eigenvalue weighted by molar-refractivity contribution is 5.98. The van der Waals surface area contributed by atoms with Gasteiger partial charge in [-0.2, -0.15) is 0 Å². The van der Waals surface area contributed by atoms with E-state index in [1.165, 1.54) is 0 Å². The highest BCUT2D eigenvalue weighted by Crippen LogP contribution is 2.52. The fourth-order valence-electron chi connectivity index (χ4n) is 5.09. The van der Waals surface area contributed by atoms with Crippen molar-refractivity contribution in [1.82, 2.24) is 5.32 Å². The average Bonchev–Trinajstić information content (AvgIpc) is 2.87. The summed E-state index contributed by atoms with van der Waals surface area (Å²) in [5, 5.41) is 26.5. The molecule has 2 heterocycles. The Balaban J connectivity index is 1.87. The highest BCUT2D eigenvalue weighted by atomic mass is 16.6. The van der Waals surface area contributed by atoms with Crippen molar-refractivity contribution in [3.8, 4) is 0 Å². The molecule has 0 bridgehead atoms. The number of nitrogens with zero attached hydrogens (tertiary/aromatic N) is 1. The van der Waals surface area contributed by atoms with Gasteiger partial charge < -0.3 is 20.4 Å². The van der Waals surface area contributed by atoms with Crippen molar-refractivity contribution in [3.63, 3.8) is 0 Å². The number of carbonyl (C=O) groups excluding carboxylic acids is 1. The molecule has 1 saturated heterocycles. The third kappa shape index (κ3) is 3.43. The van der Waals surface area contributed by atoms with Gasteiger partial charge in [0.25, 0.3) is 0 Å². The summed E-state index contributed by atoms with van der Waals surface area (Å²) in [5.41, 5.74) is 1.11. The van der Waals surface area contributed by atoms with E-state index in [1.807, 2.05) is 25.2 Å². The zero-order valence-electron chi connectivity index (χ0n) is 16.5. The molecule has 3 rings (SSSR count). The van der Waals surface area contributed by atoms with Crippen LogP contribution in [0, 0.1) is 23.7 Å². The van der Waals surface area contributed by atoms with E-state index in [2.05, 4.69) is 30.4 Å². The summed E-state index contributed by atoms with van der Waals surface area (Å²) in [6.07, 6.45) is 9.21. The first-order valence-corrected chi connectivity index (χ1v) is 9.77. The highest BCUT2D eigenvalue weighted by Gasteiger charge is 2.62. The van der Waals surface area contributed by atoms with E-state index in [9.17, 15) is 9.90 Å². The van der Waals surface area contributed by atoms with Crippen molar-refractivity contribution in [3.05, 3.63) is 35.6 Å². The van der Waals surface area contributed by atoms with Gasteiger partial charge in [-0.25, -0.2) is 4.79 Å². The van der Waals surface area contributed by atoms with Gasteiger partial charge in [0.05, 0.1) is 5.71 Å². The van der Waals surface area contributed by atoms with Crippen molar-refractivity contribution in [2.75, 3.05) is 6.54 Å². The molecule has 0 aromatic carbocycles. The number of cyclic esters (lactones) is 1. The standard InChI is InChI=1S/C21H30N2O4/c1-5-17-12(2)10-21(25)19(14(4)27-20(21)24)18(17)9-8-16-7-6-15(11-22-16)13(3)23-26/h6-9,12,14,17-19,22,25-26H,5,10-11H2,1-4H3/b9-8+,23-13+/t12-,14+,17+,18-,19-,21-/m0/s1. The lowest BCUT2D eigenvalue weighted by Crippen LogP contribution is -2.53. The molecule has 0 aromatic rings. The van der Waals surface area contributed by atoms with Gasteiger partial charge >= 0.3 is 5.97 Å². The Hall–Kier alpha value is -2.08. The van der Waals surface area contributed by atoms with Crippen LogP contribution in [-0.4, -0.2) is 40.2 Å². The van der Waals surface area contributed by atoms with E-state index in [0.29, 0.717) is 24.6 Å². The van der Waals surface area contributed by atoms with Crippen LogP contribution >= 0.6 is 0 Å². The monoisotopic (exact) mass is 374 g/mol. The normalized spacial score (nSPS) is 39.5. The maximum atomic E-state index is 12.3. The van der Waals surface area contributed by atoms with Crippen LogP contribution in [0.3, 0.4) is 0 Å². The minimum atomic E-state index is -1.38. The molecule has 0 radical (unpaired) electrons. The molecule has 3 N–H and O–H groups in total. The quantitative estimate of drug-likeness (QED) is 0.305. The van der Waals surface area contributed by atoms with Crippen LogP contribution < -0.4 is 5.32 Å². The summed E-state index contributed by atoms with van der Waals surface area (Å²) in [4.78, 5) is 12.3. The van der Waals surface area contributed by atoms with Gasteiger partial charge in [0, 0.05) is 18.2 Å². The van der Waals surface area contributed by atoms with Crippen LogP contribution in [0.1, 0.15) is 40.5 Å². The van der Waals surface area contributed by atoms with Crippen LogP contribution in [0.4, 0.5) is 0 Å². The van der Waals surface area contributed by atoms with Crippen LogP contribution in [0.5, 0.6) is 0 Å². The van der Waals surface area contributed by atoms with Gasteiger partial charge in [0.1, 0.15) is 6.10 Å². The van der Waals surface area contributed by atoms with Gasteiger partial charge in [0.15, 0.2) is 5.60 Å². The Morgan fingerprint density at radius 1 is 1.44 bits per heavy atom. The lowest BCUT2D eigenvalue weighted by molar-refractivity contribution is -0.160. The van der Waals surface area contributed by atoms with E-state index in [-0.39, 0.29) is 23.9 Å². The lowest BCUT2D eigenvalue weighted by atomic mass is 9.59. The molecule has 0 spiro atoms. The second-order valence-corrected chi connectivity index (χ2v) is 8.10. The molecule has 6 nitrogen and oxygen atoms in total. The number of nitrogens with one attached hydrogen (secondary N) is 1. The van der Waals surface area contributed by atoms with Crippen molar-refractivity contribution in [2.24, 2.45) is 28.8 Å². The smallest absolute Gasteiger partial charge is 0.338 e. The maximum absolute atomic E-state index is 12.3. The van der Waals surface area contributed by atoms with Gasteiger partial charge in [-0.05, 0) is 55.7 Å². The van der Waals surface area contributed by atoms with E-state index >= 15 is 0 Å². The van der Waals surface area contributed by atoms with Gasteiger partial charge in [-0.15, -0.1) is 0 Å².